The van der Waals surface area contributed by atoms with Gasteiger partial charge in [0, 0.05) is 19.1 Å². The zero-order valence-electron chi connectivity index (χ0n) is 13.4. The second-order valence-corrected chi connectivity index (χ2v) is 5.78. The third kappa shape index (κ3) is 6.74. The van der Waals surface area contributed by atoms with E-state index in [0.29, 0.717) is 19.0 Å². The number of amides is 1. The number of rotatable bonds is 9. The van der Waals surface area contributed by atoms with Gasteiger partial charge in [-0.05, 0) is 24.8 Å². The Hall–Kier alpha value is -1.39. The fourth-order valence-corrected chi connectivity index (χ4v) is 2.19. The van der Waals surface area contributed by atoms with Crippen LogP contribution in [0, 0.1) is 5.92 Å². The molecule has 0 aliphatic heterocycles. The van der Waals surface area contributed by atoms with Crippen molar-refractivity contribution in [2.24, 2.45) is 11.7 Å². The molecule has 118 valence electrons. The van der Waals surface area contributed by atoms with Crippen molar-refractivity contribution in [2.45, 2.75) is 45.7 Å². The molecule has 1 amide bonds. The SMILES string of the molecule is CC[C@H](C)[C@H](NC[C@H](C)N)C(=O)NCCc1ccccc1. The summed E-state index contributed by atoms with van der Waals surface area (Å²) in [5.74, 6) is 0.362. The molecule has 0 saturated carbocycles. The minimum Gasteiger partial charge on any atom is -0.354 e. The van der Waals surface area contributed by atoms with Gasteiger partial charge in [-0.3, -0.25) is 4.79 Å². The Labute approximate surface area is 128 Å². The Morgan fingerprint density at radius 2 is 1.90 bits per heavy atom. The van der Waals surface area contributed by atoms with E-state index in [1.165, 1.54) is 5.56 Å². The molecule has 21 heavy (non-hydrogen) atoms. The monoisotopic (exact) mass is 291 g/mol. The quantitative estimate of drug-likeness (QED) is 0.649. The van der Waals surface area contributed by atoms with Gasteiger partial charge in [-0.1, -0.05) is 50.6 Å². The highest BCUT2D eigenvalue weighted by atomic mass is 16.2. The Morgan fingerprint density at radius 3 is 2.48 bits per heavy atom. The average molecular weight is 291 g/mol. The molecule has 3 atom stereocenters. The van der Waals surface area contributed by atoms with Crippen molar-refractivity contribution in [3.05, 3.63) is 35.9 Å². The molecule has 4 nitrogen and oxygen atoms in total. The number of hydrogen-bond acceptors (Lipinski definition) is 3. The minimum atomic E-state index is -0.170. The minimum absolute atomic E-state index is 0.0497. The van der Waals surface area contributed by atoms with Crippen molar-refractivity contribution in [1.29, 1.82) is 0 Å². The molecule has 1 rings (SSSR count). The summed E-state index contributed by atoms with van der Waals surface area (Å²) in [5.41, 5.74) is 7.00. The predicted molar refractivity (Wildman–Crippen MR) is 88.1 cm³/mol. The number of nitrogens with one attached hydrogen (secondary N) is 2. The maximum absolute atomic E-state index is 12.3. The van der Waals surface area contributed by atoms with Crippen LogP contribution in [0.2, 0.25) is 0 Å². The van der Waals surface area contributed by atoms with E-state index in [1.54, 1.807) is 0 Å². The van der Waals surface area contributed by atoms with E-state index in [-0.39, 0.29) is 18.0 Å². The fourth-order valence-electron chi connectivity index (χ4n) is 2.19. The third-order valence-corrected chi connectivity index (χ3v) is 3.71. The van der Waals surface area contributed by atoms with Crippen molar-refractivity contribution in [2.75, 3.05) is 13.1 Å². The van der Waals surface area contributed by atoms with Crippen molar-refractivity contribution >= 4 is 5.91 Å². The summed E-state index contributed by atoms with van der Waals surface area (Å²) in [7, 11) is 0. The lowest BCUT2D eigenvalue weighted by Crippen LogP contribution is -2.51. The second-order valence-electron chi connectivity index (χ2n) is 5.78. The summed E-state index contributed by atoms with van der Waals surface area (Å²) < 4.78 is 0. The van der Waals surface area contributed by atoms with Crippen LogP contribution in [-0.2, 0) is 11.2 Å². The van der Waals surface area contributed by atoms with Crippen LogP contribution in [0.25, 0.3) is 0 Å². The summed E-state index contributed by atoms with van der Waals surface area (Å²) in [6, 6.07) is 10.1. The first-order chi connectivity index (χ1) is 10.0. The zero-order chi connectivity index (χ0) is 15.7. The highest BCUT2D eigenvalue weighted by molar-refractivity contribution is 5.82. The molecule has 0 unspecified atom stereocenters. The highest BCUT2D eigenvalue weighted by Gasteiger charge is 2.23. The lowest BCUT2D eigenvalue weighted by atomic mass is 9.98. The van der Waals surface area contributed by atoms with E-state index in [4.69, 9.17) is 5.73 Å². The van der Waals surface area contributed by atoms with E-state index < -0.39 is 0 Å². The summed E-state index contributed by atoms with van der Waals surface area (Å²) in [4.78, 5) is 12.3. The average Bonchev–Trinajstić information content (AvgIpc) is 2.48. The molecule has 0 aliphatic rings. The highest BCUT2D eigenvalue weighted by Crippen LogP contribution is 2.08. The van der Waals surface area contributed by atoms with Crippen LogP contribution in [0.3, 0.4) is 0 Å². The molecule has 0 heterocycles. The van der Waals surface area contributed by atoms with Crippen LogP contribution in [0.15, 0.2) is 30.3 Å². The fraction of sp³-hybridized carbons (Fsp3) is 0.588. The number of nitrogens with two attached hydrogens (primary N) is 1. The molecule has 0 aromatic heterocycles. The van der Waals surface area contributed by atoms with Crippen LogP contribution in [0.1, 0.15) is 32.8 Å². The molecule has 4 heteroatoms. The van der Waals surface area contributed by atoms with Crippen molar-refractivity contribution in [3.63, 3.8) is 0 Å². The van der Waals surface area contributed by atoms with E-state index >= 15 is 0 Å². The van der Waals surface area contributed by atoms with E-state index in [1.807, 2.05) is 25.1 Å². The number of carbonyl (C=O) groups is 1. The number of carbonyl (C=O) groups excluding carboxylic acids is 1. The largest absolute Gasteiger partial charge is 0.354 e. The van der Waals surface area contributed by atoms with Gasteiger partial charge in [0.05, 0.1) is 6.04 Å². The van der Waals surface area contributed by atoms with Crippen LogP contribution < -0.4 is 16.4 Å². The third-order valence-electron chi connectivity index (χ3n) is 3.71. The maximum Gasteiger partial charge on any atom is 0.237 e. The van der Waals surface area contributed by atoms with Gasteiger partial charge in [0.1, 0.15) is 0 Å². The Bertz CT molecular complexity index is 406. The van der Waals surface area contributed by atoms with Crippen LogP contribution in [0.4, 0.5) is 0 Å². The molecule has 4 N–H and O–H groups in total. The van der Waals surface area contributed by atoms with Gasteiger partial charge >= 0.3 is 0 Å². The molecule has 0 spiro atoms. The topological polar surface area (TPSA) is 67.1 Å². The van der Waals surface area contributed by atoms with Gasteiger partial charge in [-0.2, -0.15) is 0 Å². The molecule has 0 saturated heterocycles. The summed E-state index contributed by atoms with van der Waals surface area (Å²) >= 11 is 0. The maximum atomic E-state index is 12.3. The molecule has 1 aromatic carbocycles. The molecule has 0 radical (unpaired) electrons. The molecular weight excluding hydrogens is 262 g/mol. The second kappa shape index (κ2) is 9.53. The van der Waals surface area contributed by atoms with Gasteiger partial charge < -0.3 is 16.4 Å². The van der Waals surface area contributed by atoms with Crippen molar-refractivity contribution in [1.82, 2.24) is 10.6 Å². The zero-order valence-corrected chi connectivity index (χ0v) is 13.4. The smallest absolute Gasteiger partial charge is 0.237 e. The Kier molecular flexibility index (Phi) is 8.01. The van der Waals surface area contributed by atoms with Crippen LogP contribution >= 0.6 is 0 Å². The van der Waals surface area contributed by atoms with Crippen molar-refractivity contribution in [3.8, 4) is 0 Å². The van der Waals surface area contributed by atoms with E-state index in [2.05, 4.69) is 36.6 Å². The van der Waals surface area contributed by atoms with Gasteiger partial charge in [0.15, 0.2) is 0 Å². The van der Waals surface area contributed by atoms with Gasteiger partial charge in [0.25, 0.3) is 0 Å². The number of benzene rings is 1. The van der Waals surface area contributed by atoms with Crippen LogP contribution in [-0.4, -0.2) is 31.1 Å². The first-order valence-electron chi connectivity index (χ1n) is 7.85. The van der Waals surface area contributed by atoms with Crippen molar-refractivity contribution < 1.29 is 4.79 Å². The number of hydrogen-bond donors (Lipinski definition) is 3. The van der Waals surface area contributed by atoms with E-state index in [9.17, 15) is 4.79 Å². The Morgan fingerprint density at radius 1 is 1.24 bits per heavy atom. The first kappa shape index (κ1) is 17.7. The molecule has 0 bridgehead atoms. The Balaban J connectivity index is 2.44. The van der Waals surface area contributed by atoms with Gasteiger partial charge in [-0.25, -0.2) is 0 Å². The molecular formula is C17H29N3O. The standard InChI is InChI=1S/C17H29N3O/c1-4-13(2)16(20-12-14(3)18)17(21)19-11-10-15-8-6-5-7-9-15/h5-9,13-14,16,20H,4,10-12,18H2,1-3H3,(H,19,21)/t13-,14-,16-/m0/s1. The lowest BCUT2D eigenvalue weighted by molar-refractivity contribution is -0.124. The predicted octanol–water partition coefficient (Wildman–Crippen LogP) is 1.70. The molecule has 0 aliphatic carbocycles. The van der Waals surface area contributed by atoms with Gasteiger partial charge in [0.2, 0.25) is 5.91 Å². The van der Waals surface area contributed by atoms with Gasteiger partial charge in [-0.15, -0.1) is 0 Å². The molecule has 0 fully saturated rings. The normalized spacial score (nSPS) is 15.2. The first-order valence-corrected chi connectivity index (χ1v) is 7.85. The summed E-state index contributed by atoms with van der Waals surface area (Å²) in [6.45, 7) is 7.45. The molecule has 1 aromatic rings. The summed E-state index contributed by atoms with van der Waals surface area (Å²) in [6.07, 6.45) is 1.82. The summed E-state index contributed by atoms with van der Waals surface area (Å²) in [5, 5.41) is 6.31. The van der Waals surface area contributed by atoms with Crippen LogP contribution in [0.5, 0.6) is 0 Å². The lowest BCUT2D eigenvalue weighted by Gasteiger charge is -2.24. The van der Waals surface area contributed by atoms with E-state index in [0.717, 1.165) is 12.8 Å².